The van der Waals surface area contributed by atoms with Gasteiger partial charge in [0.2, 0.25) is 5.91 Å². The Morgan fingerprint density at radius 2 is 1.76 bits per heavy atom. The van der Waals surface area contributed by atoms with Gasteiger partial charge in [0.25, 0.3) is 0 Å². The number of hydrogen-bond donors (Lipinski definition) is 1. The van der Waals surface area contributed by atoms with Crippen LogP contribution in [0.15, 0.2) is 78.9 Å². The average molecular weight is 444 g/mol. The quantitative estimate of drug-likeness (QED) is 0.339. The van der Waals surface area contributed by atoms with Crippen LogP contribution in [0.5, 0.6) is 11.5 Å². The molecule has 170 valence electrons. The minimum Gasteiger partial charge on any atom is -0.497 e. The first-order chi connectivity index (χ1) is 16.2. The Kier molecular flexibility index (Phi) is 7.59. The molecule has 0 saturated carbocycles. The number of aryl methyl sites for hydroxylation is 2. The summed E-state index contributed by atoms with van der Waals surface area (Å²) in [7, 11) is 1.64. The number of ether oxygens (including phenoxy) is 2. The molecule has 0 saturated heterocycles. The van der Waals surface area contributed by atoms with E-state index in [-0.39, 0.29) is 5.91 Å². The molecule has 0 spiro atoms. The highest BCUT2D eigenvalue weighted by atomic mass is 16.5. The number of benzene rings is 3. The van der Waals surface area contributed by atoms with E-state index in [0.29, 0.717) is 19.6 Å². The summed E-state index contributed by atoms with van der Waals surface area (Å²) in [5, 5.41) is 3.03. The zero-order valence-corrected chi connectivity index (χ0v) is 18.9. The highest BCUT2D eigenvalue weighted by molar-refractivity contribution is 5.77. The number of imidazole rings is 1. The van der Waals surface area contributed by atoms with Crippen LogP contribution in [-0.4, -0.2) is 29.2 Å². The second-order valence-electron chi connectivity index (χ2n) is 7.81. The summed E-state index contributed by atoms with van der Waals surface area (Å²) in [5.74, 6) is 2.44. The largest absolute Gasteiger partial charge is 0.497 e. The minimum atomic E-state index is 0.0267. The molecule has 6 heteroatoms. The van der Waals surface area contributed by atoms with Crippen molar-refractivity contribution in [1.82, 2.24) is 14.9 Å². The Balaban J connectivity index is 1.34. The maximum atomic E-state index is 12.4. The Morgan fingerprint density at radius 1 is 0.970 bits per heavy atom. The van der Waals surface area contributed by atoms with E-state index in [1.165, 1.54) is 0 Å². The first kappa shape index (κ1) is 22.4. The van der Waals surface area contributed by atoms with Gasteiger partial charge in [0.15, 0.2) is 0 Å². The zero-order chi connectivity index (χ0) is 22.9. The van der Waals surface area contributed by atoms with E-state index in [0.717, 1.165) is 53.3 Å². The summed E-state index contributed by atoms with van der Waals surface area (Å²) >= 11 is 0. The van der Waals surface area contributed by atoms with Gasteiger partial charge in [-0.15, -0.1) is 0 Å². The number of carbonyl (C=O) groups excluding carboxylic acids is 1. The van der Waals surface area contributed by atoms with Crippen molar-refractivity contribution in [3.8, 4) is 11.5 Å². The highest BCUT2D eigenvalue weighted by Gasteiger charge is 2.12. The van der Waals surface area contributed by atoms with Crippen LogP contribution in [0, 0.1) is 0 Å². The van der Waals surface area contributed by atoms with Crippen LogP contribution in [-0.2, 0) is 24.3 Å². The number of hydrogen-bond acceptors (Lipinski definition) is 4. The molecular weight excluding hydrogens is 414 g/mol. The second-order valence-corrected chi connectivity index (χ2v) is 7.81. The molecule has 4 rings (SSSR count). The third kappa shape index (κ3) is 6.13. The summed E-state index contributed by atoms with van der Waals surface area (Å²) < 4.78 is 13.3. The van der Waals surface area contributed by atoms with Gasteiger partial charge in [-0.05, 0) is 42.7 Å². The lowest BCUT2D eigenvalue weighted by Crippen LogP contribution is -2.25. The predicted octanol–water partition coefficient (Wildman–Crippen LogP) is 4.76. The van der Waals surface area contributed by atoms with Gasteiger partial charge in [0.1, 0.15) is 17.3 Å². The molecule has 0 aliphatic rings. The molecule has 1 amide bonds. The SMILES string of the molecule is COc1cccc(OCCCn2c(CNC(=O)CCc3ccccc3)nc3ccccc32)c1. The molecule has 33 heavy (non-hydrogen) atoms. The summed E-state index contributed by atoms with van der Waals surface area (Å²) in [4.78, 5) is 17.2. The highest BCUT2D eigenvalue weighted by Crippen LogP contribution is 2.20. The van der Waals surface area contributed by atoms with Crippen molar-refractivity contribution in [3.05, 3.63) is 90.3 Å². The number of aromatic nitrogens is 2. The van der Waals surface area contributed by atoms with E-state index >= 15 is 0 Å². The number of rotatable bonds is 11. The molecule has 1 aromatic heterocycles. The van der Waals surface area contributed by atoms with Crippen LogP contribution in [0.25, 0.3) is 11.0 Å². The van der Waals surface area contributed by atoms with Crippen molar-refractivity contribution in [1.29, 1.82) is 0 Å². The lowest BCUT2D eigenvalue weighted by atomic mass is 10.1. The Labute approximate surface area is 194 Å². The summed E-state index contributed by atoms with van der Waals surface area (Å²) in [5.41, 5.74) is 3.16. The fourth-order valence-corrected chi connectivity index (χ4v) is 3.78. The molecule has 0 bridgehead atoms. The fraction of sp³-hybridized carbons (Fsp3) is 0.259. The molecule has 1 N–H and O–H groups in total. The molecule has 4 aromatic rings. The maximum absolute atomic E-state index is 12.4. The van der Waals surface area contributed by atoms with Crippen molar-refractivity contribution in [2.45, 2.75) is 32.4 Å². The van der Waals surface area contributed by atoms with Crippen molar-refractivity contribution in [3.63, 3.8) is 0 Å². The first-order valence-electron chi connectivity index (χ1n) is 11.2. The summed E-state index contributed by atoms with van der Waals surface area (Å²) in [6, 6.07) is 25.7. The lowest BCUT2D eigenvalue weighted by molar-refractivity contribution is -0.121. The van der Waals surface area contributed by atoms with E-state index in [1.54, 1.807) is 7.11 Å². The van der Waals surface area contributed by atoms with Gasteiger partial charge < -0.3 is 19.4 Å². The molecule has 0 fully saturated rings. The number of fused-ring (bicyclic) bond motifs is 1. The average Bonchev–Trinajstić information content (AvgIpc) is 3.22. The van der Waals surface area contributed by atoms with Crippen LogP contribution in [0.4, 0.5) is 0 Å². The fourth-order valence-electron chi connectivity index (χ4n) is 3.78. The Bertz CT molecular complexity index is 1190. The number of nitrogens with zero attached hydrogens (tertiary/aromatic N) is 2. The van der Waals surface area contributed by atoms with Crippen LogP contribution in [0.3, 0.4) is 0 Å². The third-order valence-electron chi connectivity index (χ3n) is 5.50. The van der Waals surface area contributed by atoms with Gasteiger partial charge >= 0.3 is 0 Å². The zero-order valence-electron chi connectivity index (χ0n) is 18.9. The second kappa shape index (κ2) is 11.2. The molecule has 0 aliphatic carbocycles. The van der Waals surface area contributed by atoms with Crippen molar-refractivity contribution in [2.75, 3.05) is 13.7 Å². The third-order valence-corrected chi connectivity index (χ3v) is 5.50. The minimum absolute atomic E-state index is 0.0267. The van der Waals surface area contributed by atoms with Gasteiger partial charge in [-0.2, -0.15) is 0 Å². The van der Waals surface area contributed by atoms with Crippen LogP contribution in [0.1, 0.15) is 24.2 Å². The smallest absolute Gasteiger partial charge is 0.220 e. The lowest BCUT2D eigenvalue weighted by Gasteiger charge is -2.12. The molecule has 0 radical (unpaired) electrons. The normalized spacial score (nSPS) is 10.8. The van der Waals surface area contributed by atoms with Crippen molar-refractivity contribution < 1.29 is 14.3 Å². The number of methoxy groups -OCH3 is 1. The maximum Gasteiger partial charge on any atom is 0.220 e. The topological polar surface area (TPSA) is 65.4 Å². The monoisotopic (exact) mass is 443 g/mol. The number of para-hydroxylation sites is 2. The van der Waals surface area contributed by atoms with E-state index in [2.05, 4.69) is 16.0 Å². The van der Waals surface area contributed by atoms with E-state index < -0.39 is 0 Å². The summed E-state index contributed by atoms with van der Waals surface area (Å²) in [6.45, 7) is 1.72. The number of amides is 1. The predicted molar refractivity (Wildman–Crippen MR) is 129 cm³/mol. The van der Waals surface area contributed by atoms with Gasteiger partial charge in [-0.3, -0.25) is 4.79 Å². The molecule has 1 heterocycles. The van der Waals surface area contributed by atoms with Crippen LogP contribution in [0.2, 0.25) is 0 Å². The van der Waals surface area contributed by atoms with Crippen molar-refractivity contribution in [2.24, 2.45) is 0 Å². The van der Waals surface area contributed by atoms with Crippen LogP contribution < -0.4 is 14.8 Å². The standard InChI is InChI=1S/C27H29N3O3/c1-32-22-11-7-12-23(19-22)33-18-8-17-30-25-14-6-5-13-24(25)29-26(30)20-28-27(31)16-15-21-9-3-2-4-10-21/h2-7,9-14,19H,8,15-18,20H2,1H3,(H,28,31). The number of nitrogens with one attached hydrogen (secondary N) is 1. The molecule has 0 atom stereocenters. The van der Waals surface area contributed by atoms with Crippen LogP contribution >= 0.6 is 0 Å². The molecule has 0 aliphatic heterocycles. The molecule has 3 aromatic carbocycles. The Morgan fingerprint density at radius 3 is 2.61 bits per heavy atom. The van der Waals surface area contributed by atoms with E-state index in [9.17, 15) is 4.79 Å². The molecule has 6 nitrogen and oxygen atoms in total. The Hall–Kier alpha value is -3.80. The van der Waals surface area contributed by atoms with Gasteiger partial charge in [-0.25, -0.2) is 4.98 Å². The van der Waals surface area contributed by atoms with Crippen molar-refractivity contribution >= 4 is 16.9 Å². The van der Waals surface area contributed by atoms with E-state index in [1.807, 2.05) is 72.8 Å². The number of carbonyl (C=O) groups is 1. The van der Waals surface area contributed by atoms with Gasteiger partial charge in [-0.1, -0.05) is 48.5 Å². The van der Waals surface area contributed by atoms with Gasteiger partial charge in [0, 0.05) is 19.0 Å². The van der Waals surface area contributed by atoms with Gasteiger partial charge in [0.05, 0.1) is 31.3 Å². The molecule has 0 unspecified atom stereocenters. The summed E-state index contributed by atoms with van der Waals surface area (Å²) in [6.07, 6.45) is 2.00. The van der Waals surface area contributed by atoms with E-state index in [4.69, 9.17) is 14.5 Å². The first-order valence-corrected chi connectivity index (χ1v) is 11.2. The molecular formula is C27H29N3O3.